The highest BCUT2D eigenvalue weighted by atomic mass is 127. The van der Waals surface area contributed by atoms with Gasteiger partial charge in [0.25, 0.3) is 5.91 Å². The van der Waals surface area contributed by atoms with Crippen LogP contribution < -0.4 is 5.32 Å². The second-order valence-corrected chi connectivity index (χ2v) is 4.87. The van der Waals surface area contributed by atoms with E-state index in [1.807, 2.05) is 6.07 Å². The van der Waals surface area contributed by atoms with Crippen LogP contribution in [0.4, 0.5) is 14.5 Å². The van der Waals surface area contributed by atoms with Gasteiger partial charge in [0.05, 0.1) is 0 Å². The lowest BCUT2D eigenvalue weighted by atomic mass is 10.2. The Hall–Kier alpha value is -1.50. The minimum absolute atomic E-state index is 0.0939. The van der Waals surface area contributed by atoms with Crippen LogP contribution in [-0.4, -0.2) is 5.91 Å². The van der Waals surface area contributed by atoms with Gasteiger partial charge in [0.2, 0.25) is 0 Å². The van der Waals surface area contributed by atoms with Crippen molar-refractivity contribution in [2.75, 3.05) is 5.32 Å². The van der Waals surface area contributed by atoms with Crippen molar-refractivity contribution in [1.29, 1.82) is 0 Å². The van der Waals surface area contributed by atoms with Crippen molar-refractivity contribution in [2.24, 2.45) is 0 Å². The van der Waals surface area contributed by atoms with Gasteiger partial charge in [0, 0.05) is 20.9 Å². The molecule has 0 aliphatic heterocycles. The predicted molar refractivity (Wildman–Crippen MR) is 73.5 cm³/mol. The number of benzene rings is 2. The summed E-state index contributed by atoms with van der Waals surface area (Å²) in [6, 6.07) is 9.78. The fourth-order valence-electron chi connectivity index (χ4n) is 1.46. The number of halogens is 3. The lowest BCUT2D eigenvalue weighted by molar-refractivity contribution is 0.102. The summed E-state index contributed by atoms with van der Waals surface area (Å²) in [5.41, 5.74) is 0.530. The molecule has 0 saturated heterocycles. The van der Waals surface area contributed by atoms with E-state index in [0.29, 0.717) is 5.56 Å². The molecule has 1 amide bonds. The monoisotopic (exact) mass is 359 g/mol. The van der Waals surface area contributed by atoms with E-state index in [4.69, 9.17) is 0 Å². The molecule has 2 rings (SSSR count). The van der Waals surface area contributed by atoms with Gasteiger partial charge < -0.3 is 5.32 Å². The van der Waals surface area contributed by atoms with Crippen molar-refractivity contribution in [3.63, 3.8) is 0 Å². The van der Waals surface area contributed by atoms with Crippen LogP contribution in [0.5, 0.6) is 0 Å². The van der Waals surface area contributed by atoms with Crippen molar-refractivity contribution in [3.05, 3.63) is 63.2 Å². The summed E-state index contributed by atoms with van der Waals surface area (Å²) in [7, 11) is 0. The first kappa shape index (κ1) is 12.9. The van der Waals surface area contributed by atoms with Gasteiger partial charge in [0.15, 0.2) is 0 Å². The SMILES string of the molecule is O=C(Nc1cc(F)cc(F)c1)c1cccc(I)c1. The molecular weight excluding hydrogens is 351 g/mol. The van der Waals surface area contributed by atoms with Gasteiger partial charge in [-0.15, -0.1) is 0 Å². The van der Waals surface area contributed by atoms with Crippen LogP contribution in [0.25, 0.3) is 0 Å². The van der Waals surface area contributed by atoms with Gasteiger partial charge in [-0.3, -0.25) is 4.79 Å². The fourth-order valence-corrected chi connectivity index (χ4v) is 2.00. The van der Waals surface area contributed by atoms with E-state index in [2.05, 4.69) is 27.9 Å². The van der Waals surface area contributed by atoms with E-state index in [1.165, 1.54) is 0 Å². The third kappa shape index (κ3) is 3.25. The average molecular weight is 359 g/mol. The second-order valence-electron chi connectivity index (χ2n) is 3.62. The van der Waals surface area contributed by atoms with Crippen LogP contribution in [0.15, 0.2) is 42.5 Å². The number of rotatable bonds is 2. The lowest BCUT2D eigenvalue weighted by Gasteiger charge is -2.06. The van der Waals surface area contributed by atoms with Gasteiger partial charge in [-0.05, 0) is 52.9 Å². The highest BCUT2D eigenvalue weighted by molar-refractivity contribution is 14.1. The summed E-state index contributed by atoms with van der Waals surface area (Å²) in [6.45, 7) is 0. The molecule has 0 aliphatic carbocycles. The van der Waals surface area contributed by atoms with Crippen LogP contribution in [0.2, 0.25) is 0 Å². The standard InChI is InChI=1S/C13H8F2INO/c14-9-5-10(15)7-12(6-9)17-13(18)8-2-1-3-11(16)4-8/h1-7H,(H,17,18). The third-order valence-corrected chi connectivity index (χ3v) is 2.88. The zero-order chi connectivity index (χ0) is 13.1. The first-order chi connectivity index (χ1) is 8.54. The highest BCUT2D eigenvalue weighted by Gasteiger charge is 2.08. The molecule has 0 bridgehead atoms. The van der Waals surface area contributed by atoms with Crippen molar-refractivity contribution in [2.45, 2.75) is 0 Å². The molecule has 0 aliphatic rings. The Balaban J connectivity index is 2.21. The van der Waals surface area contributed by atoms with E-state index in [-0.39, 0.29) is 5.69 Å². The Morgan fingerprint density at radius 1 is 1.06 bits per heavy atom. The molecule has 1 N–H and O–H groups in total. The molecule has 0 saturated carbocycles. The van der Waals surface area contributed by atoms with Gasteiger partial charge in [-0.1, -0.05) is 6.07 Å². The Kier molecular flexibility index (Phi) is 3.90. The van der Waals surface area contributed by atoms with E-state index in [9.17, 15) is 13.6 Å². The number of hydrogen-bond acceptors (Lipinski definition) is 1. The molecule has 0 spiro atoms. The van der Waals surface area contributed by atoms with E-state index < -0.39 is 17.5 Å². The highest BCUT2D eigenvalue weighted by Crippen LogP contribution is 2.15. The quantitative estimate of drug-likeness (QED) is 0.812. The molecule has 2 aromatic rings. The first-order valence-electron chi connectivity index (χ1n) is 5.07. The minimum Gasteiger partial charge on any atom is -0.322 e. The zero-order valence-electron chi connectivity index (χ0n) is 9.08. The summed E-state index contributed by atoms with van der Waals surface area (Å²) in [5.74, 6) is -1.86. The molecule has 0 atom stereocenters. The van der Waals surface area contributed by atoms with Crippen LogP contribution in [0, 0.1) is 15.2 Å². The van der Waals surface area contributed by atoms with Crippen molar-refractivity contribution in [1.82, 2.24) is 0 Å². The maximum atomic E-state index is 13.0. The molecule has 0 fully saturated rings. The molecule has 2 aromatic carbocycles. The van der Waals surface area contributed by atoms with Gasteiger partial charge >= 0.3 is 0 Å². The smallest absolute Gasteiger partial charge is 0.255 e. The summed E-state index contributed by atoms with van der Waals surface area (Å²) in [6.07, 6.45) is 0. The summed E-state index contributed by atoms with van der Waals surface area (Å²) >= 11 is 2.08. The number of carbonyl (C=O) groups is 1. The largest absolute Gasteiger partial charge is 0.322 e. The summed E-state index contributed by atoms with van der Waals surface area (Å²) in [4.78, 5) is 11.8. The number of hydrogen-bond donors (Lipinski definition) is 1. The zero-order valence-corrected chi connectivity index (χ0v) is 11.2. The lowest BCUT2D eigenvalue weighted by Crippen LogP contribution is -2.12. The Bertz CT molecular complexity index is 581. The van der Waals surface area contributed by atoms with Gasteiger partial charge in [-0.25, -0.2) is 8.78 Å². The van der Waals surface area contributed by atoms with Crippen LogP contribution in [0.3, 0.4) is 0 Å². The third-order valence-electron chi connectivity index (χ3n) is 2.21. The van der Waals surface area contributed by atoms with E-state index >= 15 is 0 Å². The Labute approximate surface area is 116 Å². The van der Waals surface area contributed by atoms with Gasteiger partial charge in [0.1, 0.15) is 11.6 Å². The first-order valence-corrected chi connectivity index (χ1v) is 6.15. The number of amides is 1. The predicted octanol–water partition coefficient (Wildman–Crippen LogP) is 3.82. The molecule has 0 unspecified atom stereocenters. The van der Waals surface area contributed by atoms with Gasteiger partial charge in [-0.2, -0.15) is 0 Å². The fraction of sp³-hybridized carbons (Fsp3) is 0. The maximum absolute atomic E-state index is 13.0. The number of carbonyl (C=O) groups excluding carboxylic acids is 1. The molecule has 92 valence electrons. The summed E-state index contributed by atoms with van der Waals surface area (Å²) in [5, 5.41) is 2.44. The van der Waals surface area contributed by atoms with E-state index in [1.54, 1.807) is 18.2 Å². The average Bonchev–Trinajstić information content (AvgIpc) is 2.27. The Morgan fingerprint density at radius 2 is 1.72 bits per heavy atom. The van der Waals surface area contributed by atoms with Crippen molar-refractivity contribution < 1.29 is 13.6 Å². The molecular formula is C13H8F2INO. The molecule has 0 aromatic heterocycles. The molecule has 0 radical (unpaired) electrons. The van der Waals surface area contributed by atoms with Crippen LogP contribution in [-0.2, 0) is 0 Å². The minimum atomic E-state index is -0.729. The number of anilines is 1. The maximum Gasteiger partial charge on any atom is 0.255 e. The second kappa shape index (κ2) is 5.43. The summed E-state index contributed by atoms with van der Waals surface area (Å²) < 4.78 is 26.8. The molecule has 5 heteroatoms. The normalized spacial score (nSPS) is 10.2. The van der Waals surface area contributed by atoms with Crippen LogP contribution in [0.1, 0.15) is 10.4 Å². The molecule has 2 nitrogen and oxygen atoms in total. The molecule has 18 heavy (non-hydrogen) atoms. The van der Waals surface area contributed by atoms with Crippen LogP contribution >= 0.6 is 22.6 Å². The van der Waals surface area contributed by atoms with E-state index in [0.717, 1.165) is 21.8 Å². The van der Waals surface area contributed by atoms with Crippen molar-refractivity contribution in [3.8, 4) is 0 Å². The molecule has 0 heterocycles. The van der Waals surface area contributed by atoms with Crippen molar-refractivity contribution >= 4 is 34.2 Å². The Morgan fingerprint density at radius 3 is 2.33 bits per heavy atom. The number of nitrogens with one attached hydrogen (secondary N) is 1. The topological polar surface area (TPSA) is 29.1 Å².